The highest BCUT2D eigenvalue weighted by molar-refractivity contribution is 5.26. The van der Waals surface area contributed by atoms with E-state index in [1.807, 2.05) is 6.20 Å². The normalized spacial score (nSPS) is 23.8. The van der Waals surface area contributed by atoms with Crippen LogP contribution in [0, 0.1) is 18.8 Å². The first-order valence-corrected chi connectivity index (χ1v) is 7.79. The molecule has 0 saturated heterocycles. The van der Waals surface area contributed by atoms with Crippen LogP contribution in [0.15, 0.2) is 18.5 Å². The molecule has 1 fully saturated rings. The lowest BCUT2D eigenvalue weighted by molar-refractivity contribution is 0.291. The van der Waals surface area contributed by atoms with Gasteiger partial charge in [0.2, 0.25) is 0 Å². The van der Waals surface area contributed by atoms with Gasteiger partial charge >= 0.3 is 0 Å². The first-order valence-electron chi connectivity index (χ1n) is 7.79. The summed E-state index contributed by atoms with van der Waals surface area (Å²) in [6.07, 6.45) is 9.47. The highest BCUT2D eigenvalue weighted by atomic mass is 14.9. The van der Waals surface area contributed by atoms with Crippen LogP contribution in [0.1, 0.15) is 56.6 Å². The maximum absolute atomic E-state index is 4.34. The zero-order chi connectivity index (χ0) is 13.7. The summed E-state index contributed by atoms with van der Waals surface area (Å²) in [6.45, 7) is 9.07. The predicted octanol–water partition coefficient (Wildman–Crippen LogP) is 3.91. The Hall–Kier alpha value is -0.890. The molecule has 0 amide bonds. The second-order valence-corrected chi connectivity index (χ2v) is 6.44. The zero-order valence-electron chi connectivity index (χ0n) is 12.7. The van der Waals surface area contributed by atoms with Gasteiger partial charge in [0.25, 0.3) is 0 Å². The molecule has 0 bridgehead atoms. The van der Waals surface area contributed by atoms with E-state index in [-0.39, 0.29) is 0 Å². The molecule has 0 spiro atoms. The zero-order valence-corrected chi connectivity index (χ0v) is 12.7. The van der Waals surface area contributed by atoms with Crippen LogP contribution in [-0.4, -0.2) is 18.1 Å². The number of aromatic nitrogens is 1. The van der Waals surface area contributed by atoms with Crippen LogP contribution in [0.5, 0.6) is 0 Å². The lowest BCUT2D eigenvalue weighted by atomic mass is 9.75. The Labute approximate surface area is 118 Å². The van der Waals surface area contributed by atoms with Gasteiger partial charge in [-0.3, -0.25) is 4.98 Å². The SMILES string of the molecule is Cc1ccncc1C1CCCCC1CNCC(C)C. The molecule has 1 aromatic rings. The Balaban J connectivity index is 2.02. The molecule has 0 aliphatic heterocycles. The van der Waals surface area contributed by atoms with E-state index in [1.165, 1.54) is 36.8 Å². The van der Waals surface area contributed by atoms with Crippen molar-refractivity contribution < 1.29 is 0 Å². The monoisotopic (exact) mass is 260 g/mol. The van der Waals surface area contributed by atoms with Crippen molar-refractivity contribution in [3.8, 4) is 0 Å². The molecule has 2 atom stereocenters. The van der Waals surface area contributed by atoms with Crippen LogP contribution in [0.3, 0.4) is 0 Å². The van der Waals surface area contributed by atoms with Crippen molar-refractivity contribution in [3.05, 3.63) is 29.6 Å². The van der Waals surface area contributed by atoms with Crippen LogP contribution in [0.2, 0.25) is 0 Å². The van der Waals surface area contributed by atoms with Gasteiger partial charge in [-0.15, -0.1) is 0 Å². The summed E-state index contributed by atoms with van der Waals surface area (Å²) in [5.41, 5.74) is 2.90. The largest absolute Gasteiger partial charge is 0.316 e. The Bertz CT molecular complexity index is 387. The van der Waals surface area contributed by atoms with E-state index >= 15 is 0 Å². The van der Waals surface area contributed by atoms with Crippen molar-refractivity contribution >= 4 is 0 Å². The molecule has 2 rings (SSSR count). The van der Waals surface area contributed by atoms with Crippen LogP contribution in [0.25, 0.3) is 0 Å². The van der Waals surface area contributed by atoms with Gasteiger partial charge in [-0.2, -0.15) is 0 Å². The molecule has 1 aliphatic carbocycles. The van der Waals surface area contributed by atoms with E-state index < -0.39 is 0 Å². The van der Waals surface area contributed by atoms with E-state index in [0.717, 1.165) is 24.9 Å². The summed E-state index contributed by atoms with van der Waals surface area (Å²) in [4.78, 5) is 4.34. The Kier molecular flexibility index (Phi) is 5.38. The quantitative estimate of drug-likeness (QED) is 0.868. The van der Waals surface area contributed by atoms with Gasteiger partial charge < -0.3 is 5.32 Å². The van der Waals surface area contributed by atoms with Gasteiger partial charge in [-0.1, -0.05) is 26.7 Å². The van der Waals surface area contributed by atoms with Crippen molar-refractivity contribution in [1.29, 1.82) is 0 Å². The molecule has 2 unspecified atom stereocenters. The van der Waals surface area contributed by atoms with E-state index in [2.05, 4.69) is 43.3 Å². The lowest BCUT2D eigenvalue weighted by Crippen LogP contribution is -2.31. The molecule has 0 radical (unpaired) electrons. The lowest BCUT2D eigenvalue weighted by Gasteiger charge is -2.33. The summed E-state index contributed by atoms with van der Waals surface area (Å²) in [7, 11) is 0. The predicted molar refractivity (Wildman–Crippen MR) is 81.4 cm³/mol. The number of hydrogen-bond donors (Lipinski definition) is 1. The second kappa shape index (κ2) is 7.04. The third kappa shape index (κ3) is 4.04. The Morgan fingerprint density at radius 3 is 2.84 bits per heavy atom. The molecule has 1 N–H and O–H groups in total. The second-order valence-electron chi connectivity index (χ2n) is 6.44. The first-order chi connectivity index (χ1) is 9.18. The summed E-state index contributed by atoms with van der Waals surface area (Å²) in [5, 5.41) is 3.65. The summed E-state index contributed by atoms with van der Waals surface area (Å²) in [5.74, 6) is 2.24. The molecule has 0 aromatic carbocycles. The fourth-order valence-corrected chi connectivity index (χ4v) is 3.28. The van der Waals surface area contributed by atoms with Gasteiger partial charge in [-0.25, -0.2) is 0 Å². The average Bonchev–Trinajstić information content (AvgIpc) is 2.40. The highest BCUT2D eigenvalue weighted by Crippen LogP contribution is 2.38. The minimum Gasteiger partial charge on any atom is -0.316 e. The number of nitrogens with one attached hydrogen (secondary N) is 1. The maximum Gasteiger partial charge on any atom is 0.0305 e. The molecular formula is C17H28N2. The number of pyridine rings is 1. The van der Waals surface area contributed by atoms with Gasteiger partial charge in [0.1, 0.15) is 0 Å². The number of nitrogens with zero attached hydrogens (tertiary/aromatic N) is 1. The van der Waals surface area contributed by atoms with Gasteiger partial charge in [0.15, 0.2) is 0 Å². The summed E-state index contributed by atoms with van der Waals surface area (Å²) >= 11 is 0. The van der Waals surface area contributed by atoms with Crippen LogP contribution >= 0.6 is 0 Å². The molecular weight excluding hydrogens is 232 g/mol. The average molecular weight is 260 g/mol. The van der Waals surface area contributed by atoms with E-state index in [9.17, 15) is 0 Å². The summed E-state index contributed by atoms with van der Waals surface area (Å²) in [6, 6.07) is 2.16. The van der Waals surface area contributed by atoms with Crippen LogP contribution < -0.4 is 5.32 Å². The molecule has 1 aliphatic rings. The number of aryl methyl sites for hydroxylation is 1. The fraction of sp³-hybridized carbons (Fsp3) is 0.706. The topological polar surface area (TPSA) is 24.9 Å². The smallest absolute Gasteiger partial charge is 0.0305 e. The van der Waals surface area contributed by atoms with E-state index in [4.69, 9.17) is 0 Å². The third-order valence-corrected chi connectivity index (χ3v) is 4.35. The van der Waals surface area contributed by atoms with Crippen LogP contribution in [-0.2, 0) is 0 Å². The van der Waals surface area contributed by atoms with Crippen LogP contribution in [0.4, 0.5) is 0 Å². The standard InChI is InChI=1S/C17H28N2/c1-13(2)10-19-11-15-6-4-5-7-16(15)17-12-18-9-8-14(17)3/h8-9,12-13,15-16,19H,4-7,10-11H2,1-3H3. The number of rotatable bonds is 5. The summed E-state index contributed by atoms with van der Waals surface area (Å²) < 4.78 is 0. The number of hydrogen-bond acceptors (Lipinski definition) is 2. The fourth-order valence-electron chi connectivity index (χ4n) is 3.28. The minimum absolute atomic E-state index is 0.710. The van der Waals surface area contributed by atoms with Gasteiger partial charge in [0, 0.05) is 12.4 Å². The molecule has 106 valence electrons. The van der Waals surface area contributed by atoms with Crippen molar-refractivity contribution in [2.75, 3.05) is 13.1 Å². The van der Waals surface area contributed by atoms with Crippen molar-refractivity contribution in [3.63, 3.8) is 0 Å². The van der Waals surface area contributed by atoms with E-state index in [0.29, 0.717) is 5.92 Å². The molecule has 2 nitrogen and oxygen atoms in total. The van der Waals surface area contributed by atoms with Gasteiger partial charge in [0.05, 0.1) is 0 Å². The van der Waals surface area contributed by atoms with Crippen molar-refractivity contribution in [2.24, 2.45) is 11.8 Å². The molecule has 19 heavy (non-hydrogen) atoms. The third-order valence-electron chi connectivity index (χ3n) is 4.35. The Morgan fingerprint density at radius 2 is 2.11 bits per heavy atom. The van der Waals surface area contributed by atoms with Crippen molar-refractivity contribution in [1.82, 2.24) is 10.3 Å². The maximum atomic E-state index is 4.34. The molecule has 2 heteroatoms. The van der Waals surface area contributed by atoms with Gasteiger partial charge in [-0.05, 0) is 67.8 Å². The first kappa shape index (κ1) is 14.5. The molecule has 1 heterocycles. The molecule has 1 aromatic heterocycles. The molecule has 1 saturated carbocycles. The van der Waals surface area contributed by atoms with Crippen molar-refractivity contribution in [2.45, 2.75) is 52.4 Å². The Morgan fingerprint density at radius 1 is 1.32 bits per heavy atom. The van der Waals surface area contributed by atoms with E-state index in [1.54, 1.807) is 0 Å². The highest BCUT2D eigenvalue weighted by Gasteiger charge is 2.27. The minimum atomic E-state index is 0.710.